The molecule has 5 aliphatic carbocycles. The standard InChI is InChI=1S/C35H59NO6/c1-20-17-21(29(39-8)31(4,5)38)41-27-26(20)32(6)13-14-35-19-34(35)12-11-24(42-25-18-36-15-16-40-25)30(2,3)22(34)9-10-23(35)33(32,7)28(27)37/h20-29,36-38H,9-19H2,1-8H3/t20-,21?,22+,23-,24?,25+,26+,27-,28+,29+,32?,33-,34?,35?/m1/s1. The van der Waals surface area contributed by atoms with Crippen molar-refractivity contribution in [2.45, 2.75) is 142 Å². The number of aliphatic hydroxyl groups is 2. The SMILES string of the molecule is CO[C@@H](C1C[C@@H](C)[C@H]2[C@@H](O1)[C@H](O)[C@@]1(C)[C@H]3CC[C@H]4C(C)(C)C(O[C@H]5CNCCO5)CCC45CC35CCC21C)C(C)(C)O. The van der Waals surface area contributed by atoms with Gasteiger partial charge in [0.2, 0.25) is 0 Å². The smallest absolute Gasteiger partial charge is 0.170 e. The van der Waals surface area contributed by atoms with Crippen LogP contribution < -0.4 is 5.32 Å². The maximum Gasteiger partial charge on any atom is 0.170 e. The summed E-state index contributed by atoms with van der Waals surface area (Å²) in [6.07, 6.45) is 8.16. The summed E-state index contributed by atoms with van der Waals surface area (Å²) in [7, 11) is 1.67. The van der Waals surface area contributed by atoms with Gasteiger partial charge in [-0.15, -0.1) is 0 Å². The van der Waals surface area contributed by atoms with Gasteiger partial charge in [0, 0.05) is 25.6 Å². The summed E-state index contributed by atoms with van der Waals surface area (Å²) in [5.74, 6) is 1.89. The molecule has 42 heavy (non-hydrogen) atoms. The van der Waals surface area contributed by atoms with Crippen LogP contribution in [0.2, 0.25) is 0 Å². The molecule has 7 aliphatic rings. The zero-order chi connectivity index (χ0) is 30.1. The van der Waals surface area contributed by atoms with E-state index in [0.717, 1.165) is 32.5 Å². The number of ether oxygens (including phenoxy) is 4. The van der Waals surface area contributed by atoms with Crippen molar-refractivity contribution in [2.24, 2.45) is 50.7 Å². The van der Waals surface area contributed by atoms with E-state index >= 15 is 0 Å². The summed E-state index contributed by atoms with van der Waals surface area (Å²) < 4.78 is 25.4. The molecule has 0 radical (unpaired) electrons. The molecule has 2 saturated heterocycles. The van der Waals surface area contributed by atoms with E-state index in [2.05, 4.69) is 39.9 Å². The molecule has 0 aromatic heterocycles. The number of methoxy groups -OCH3 is 1. The van der Waals surface area contributed by atoms with Gasteiger partial charge in [-0.2, -0.15) is 0 Å². The van der Waals surface area contributed by atoms with Crippen molar-refractivity contribution >= 4 is 0 Å². The molecule has 0 aromatic carbocycles. The lowest BCUT2D eigenvalue weighted by atomic mass is 9.41. The summed E-state index contributed by atoms with van der Waals surface area (Å²) in [6.45, 7) is 18.3. The van der Waals surface area contributed by atoms with Crippen LogP contribution in [0.15, 0.2) is 0 Å². The lowest BCUT2D eigenvalue weighted by Crippen LogP contribution is -2.60. The van der Waals surface area contributed by atoms with Gasteiger partial charge in [0.1, 0.15) is 6.10 Å². The highest BCUT2D eigenvalue weighted by Crippen LogP contribution is 2.89. The van der Waals surface area contributed by atoms with Crippen molar-refractivity contribution in [3.05, 3.63) is 0 Å². The number of rotatable bonds is 5. The Bertz CT molecular complexity index is 1050. The van der Waals surface area contributed by atoms with Crippen molar-refractivity contribution < 1.29 is 29.2 Å². The third-order valence-corrected chi connectivity index (χ3v) is 15.3. The molecule has 14 atom stereocenters. The Morgan fingerprint density at radius 3 is 2.38 bits per heavy atom. The van der Waals surface area contributed by atoms with Gasteiger partial charge in [-0.25, -0.2) is 0 Å². The predicted octanol–water partition coefficient (Wildman–Crippen LogP) is 4.92. The van der Waals surface area contributed by atoms with Crippen LogP contribution >= 0.6 is 0 Å². The largest absolute Gasteiger partial charge is 0.390 e. The van der Waals surface area contributed by atoms with E-state index in [-0.39, 0.29) is 40.8 Å². The Balaban J connectivity index is 1.16. The number of aliphatic hydroxyl groups excluding tert-OH is 1. The number of morpholine rings is 1. The number of fused-ring (bicyclic) bond motifs is 4. The third kappa shape index (κ3) is 3.77. The minimum atomic E-state index is -1.01. The number of nitrogens with one attached hydrogen (secondary N) is 1. The minimum Gasteiger partial charge on any atom is -0.390 e. The van der Waals surface area contributed by atoms with E-state index in [0.29, 0.717) is 34.5 Å². The zero-order valence-corrected chi connectivity index (χ0v) is 27.6. The van der Waals surface area contributed by atoms with Crippen molar-refractivity contribution in [1.29, 1.82) is 0 Å². The molecule has 7 nitrogen and oxygen atoms in total. The molecule has 240 valence electrons. The quantitative estimate of drug-likeness (QED) is 0.420. The second-order valence-corrected chi connectivity index (χ2v) is 17.5. The van der Waals surface area contributed by atoms with E-state index in [9.17, 15) is 10.2 Å². The highest BCUT2D eigenvalue weighted by Gasteiger charge is 2.84. The van der Waals surface area contributed by atoms with E-state index < -0.39 is 17.8 Å². The molecule has 2 spiro atoms. The maximum absolute atomic E-state index is 12.5. The van der Waals surface area contributed by atoms with E-state index in [4.69, 9.17) is 18.9 Å². The Kier molecular flexibility index (Phi) is 6.96. The molecule has 7 rings (SSSR count). The highest BCUT2D eigenvalue weighted by atomic mass is 16.7. The fourth-order valence-corrected chi connectivity index (χ4v) is 13.5. The van der Waals surface area contributed by atoms with Crippen LogP contribution in [-0.4, -0.2) is 79.4 Å². The van der Waals surface area contributed by atoms with E-state index in [1.54, 1.807) is 7.11 Å². The van der Waals surface area contributed by atoms with Gasteiger partial charge >= 0.3 is 0 Å². The average molecular weight is 590 g/mol. The normalized spacial score (nSPS) is 55.4. The summed E-state index contributed by atoms with van der Waals surface area (Å²) in [5.41, 5.74) is -0.349. The first-order valence-corrected chi connectivity index (χ1v) is 17.2. The topological polar surface area (TPSA) is 89.4 Å². The lowest BCUT2D eigenvalue weighted by molar-refractivity contribution is -0.237. The van der Waals surface area contributed by atoms with Crippen molar-refractivity contribution in [2.75, 3.05) is 26.8 Å². The molecule has 7 heteroatoms. The van der Waals surface area contributed by atoms with Crippen molar-refractivity contribution in [1.82, 2.24) is 5.32 Å². The highest BCUT2D eigenvalue weighted by molar-refractivity contribution is 5.33. The maximum atomic E-state index is 12.5. The Labute approximate surface area is 254 Å². The minimum absolute atomic E-state index is 0.0342. The van der Waals surface area contributed by atoms with E-state index in [1.165, 1.54) is 38.5 Å². The molecular weight excluding hydrogens is 530 g/mol. The Morgan fingerprint density at radius 2 is 1.71 bits per heavy atom. The van der Waals surface area contributed by atoms with Crippen LogP contribution in [0, 0.1) is 50.7 Å². The fourth-order valence-electron chi connectivity index (χ4n) is 13.5. The molecule has 5 saturated carbocycles. The first kappa shape index (κ1) is 30.4. The van der Waals surface area contributed by atoms with Gasteiger partial charge in [0.15, 0.2) is 6.29 Å². The van der Waals surface area contributed by atoms with Crippen LogP contribution in [-0.2, 0) is 18.9 Å². The first-order chi connectivity index (χ1) is 19.7. The average Bonchev–Trinajstić information content (AvgIpc) is 3.55. The fraction of sp³-hybridized carbons (Fsp3) is 1.00. The molecule has 0 amide bonds. The second kappa shape index (κ2) is 9.62. The number of hydrogen-bond donors (Lipinski definition) is 3. The Morgan fingerprint density at radius 1 is 1.00 bits per heavy atom. The zero-order valence-electron chi connectivity index (χ0n) is 27.6. The van der Waals surface area contributed by atoms with Crippen LogP contribution in [0.1, 0.15) is 99.8 Å². The third-order valence-electron chi connectivity index (χ3n) is 15.3. The van der Waals surface area contributed by atoms with Crippen LogP contribution in [0.4, 0.5) is 0 Å². The number of hydrogen-bond acceptors (Lipinski definition) is 7. The molecule has 3 N–H and O–H groups in total. The molecule has 2 heterocycles. The Hall–Kier alpha value is -0.280. The first-order valence-electron chi connectivity index (χ1n) is 17.2. The molecule has 0 aromatic rings. The summed E-state index contributed by atoms with van der Waals surface area (Å²) in [5, 5.41) is 26.8. The van der Waals surface area contributed by atoms with Gasteiger partial charge in [-0.3, -0.25) is 0 Å². The summed E-state index contributed by atoms with van der Waals surface area (Å²) in [6, 6.07) is 0. The molecule has 5 unspecified atom stereocenters. The molecule has 0 bridgehead atoms. The van der Waals surface area contributed by atoms with Crippen molar-refractivity contribution in [3.63, 3.8) is 0 Å². The van der Waals surface area contributed by atoms with Crippen LogP contribution in [0.5, 0.6) is 0 Å². The van der Waals surface area contributed by atoms with E-state index in [1.807, 2.05) is 13.8 Å². The van der Waals surface area contributed by atoms with Crippen LogP contribution in [0.3, 0.4) is 0 Å². The van der Waals surface area contributed by atoms with Gasteiger partial charge in [-0.05, 0) is 111 Å². The second-order valence-electron chi connectivity index (χ2n) is 17.5. The van der Waals surface area contributed by atoms with Crippen molar-refractivity contribution in [3.8, 4) is 0 Å². The molecule has 2 aliphatic heterocycles. The molecular formula is C35H59NO6. The summed E-state index contributed by atoms with van der Waals surface area (Å²) >= 11 is 0. The predicted molar refractivity (Wildman–Crippen MR) is 161 cm³/mol. The monoisotopic (exact) mass is 589 g/mol. The van der Waals surface area contributed by atoms with Gasteiger partial charge in [0.25, 0.3) is 0 Å². The lowest BCUT2D eigenvalue weighted by Gasteiger charge is -2.64. The van der Waals surface area contributed by atoms with Gasteiger partial charge in [-0.1, -0.05) is 34.6 Å². The summed E-state index contributed by atoms with van der Waals surface area (Å²) in [4.78, 5) is 0. The van der Waals surface area contributed by atoms with Gasteiger partial charge < -0.3 is 34.5 Å². The van der Waals surface area contributed by atoms with Gasteiger partial charge in [0.05, 0.1) is 36.6 Å². The molecule has 7 fully saturated rings. The van der Waals surface area contributed by atoms with Crippen LogP contribution in [0.25, 0.3) is 0 Å².